The lowest BCUT2D eigenvalue weighted by Crippen LogP contribution is -2.55. The Kier molecular flexibility index (Phi) is 26.6. The molecule has 11 atom stereocenters. The predicted octanol–water partition coefficient (Wildman–Crippen LogP) is 2.65. The predicted molar refractivity (Wildman–Crippen MR) is 354 cm³/mol. The maximum absolute atomic E-state index is 14.4. The molecule has 0 spiro atoms. The highest BCUT2D eigenvalue weighted by molar-refractivity contribution is 7.47. The summed E-state index contributed by atoms with van der Waals surface area (Å²) in [6.07, 6.45) is -9.92. The number of aliphatic hydroxyl groups is 1. The number of carbonyl (C=O) groups is 8. The first kappa shape index (κ1) is 77.6. The van der Waals surface area contributed by atoms with E-state index in [9.17, 15) is 67.2 Å². The molecule has 9 amide bonds. The number of carbonyl (C=O) groups excluding carboxylic acids is 8. The van der Waals surface area contributed by atoms with Gasteiger partial charge >= 0.3 is 33.9 Å². The van der Waals surface area contributed by atoms with Crippen molar-refractivity contribution < 1.29 is 99.4 Å². The molecule has 0 bridgehead atoms. The SMILES string of the molecule is COP(=O)(O)OC[C@H]1O[C@@H](n2cnc3c(NC(=O)c4ccccc4)ncnc32)[C@H](OC(=O)N(C)CCN(C)C(=O)OCc2ccc(NC(=O)[C@H](CCCNC(N)=O)NC(=O)[C@@H](NC(=O)CN=[N+]=[N-])C(C)C)cc2)[C@@H]1OP(=O)(O)OC[C@H]1O[C@@H](n2cnc3c(=O)[nH]c(NC(=O)C(C)C)nc32)C[C@@H]1O. The summed E-state index contributed by atoms with van der Waals surface area (Å²) in [5.74, 6) is -4.37. The van der Waals surface area contributed by atoms with E-state index in [1.54, 1.807) is 58.0 Å². The van der Waals surface area contributed by atoms with E-state index < -0.39 is 156 Å². The monoisotopic (exact) mass is 1470 g/mol. The van der Waals surface area contributed by atoms with E-state index in [4.69, 9.17) is 43.8 Å². The molecule has 42 nitrogen and oxygen atoms in total. The van der Waals surface area contributed by atoms with Gasteiger partial charge in [-0.3, -0.25) is 66.3 Å². The molecule has 2 saturated heterocycles. The van der Waals surface area contributed by atoms with Gasteiger partial charge in [-0.1, -0.05) is 63.1 Å². The minimum absolute atomic E-state index is 0.0217. The third kappa shape index (κ3) is 20.8. The number of primary amides is 1. The number of likely N-dealkylation sites (N-methyl/N-ethyl adjacent to an activating group) is 2. The Morgan fingerprint density at radius 3 is 2.17 bits per heavy atom. The molecule has 6 aromatic rings. The fourth-order valence-electron chi connectivity index (χ4n) is 10.0. The number of nitrogens with two attached hydrogens (primary N) is 1. The minimum Gasteiger partial charge on any atom is -0.445 e. The highest BCUT2D eigenvalue weighted by Crippen LogP contribution is 2.51. The van der Waals surface area contributed by atoms with Crippen LogP contribution in [0.5, 0.6) is 0 Å². The zero-order chi connectivity index (χ0) is 74.2. The van der Waals surface area contributed by atoms with Gasteiger partial charge in [0.15, 0.2) is 40.5 Å². The van der Waals surface area contributed by atoms with Crippen LogP contribution in [0, 0.1) is 11.8 Å². The number of hydrogen-bond acceptors (Lipinski definition) is 26. The van der Waals surface area contributed by atoms with Crippen LogP contribution in [0.2, 0.25) is 0 Å². The number of phosphoric acid groups is 2. The summed E-state index contributed by atoms with van der Waals surface area (Å²) in [5, 5.41) is 29.8. The summed E-state index contributed by atoms with van der Waals surface area (Å²) in [4.78, 5) is 168. The van der Waals surface area contributed by atoms with E-state index in [-0.39, 0.29) is 90.8 Å². The molecule has 4 aromatic heterocycles. The van der Waals surface area contributed by atoms with Gasteiger partial charge in [0.25, 0.3) is 11.5 Å². The van der Waals surface area contributed by atoms with E-state index in [2.05, 4.69) is 76.4 Å². The number of amides is 9. The van der Waals surface area contributed by atoms with Crippen LogP contribution in [0.15, 0.2) is 83.5 Å². The standard InChI is InChI=1S/C58H76N20O22P2/c1-30(2)41(69-39(80)23-66-74-60)52(84)68-35(14-11-19-61-55(59)86)51(83)67-34-17-15-32(16-18-34)24-94-57(87)75(5)20-21-76(6)58(88)99-45-44(100-102(91,92)96-25-37-36(79)22-40(97-37)77-28-65-43-48(77)71-56(73-53(43)85)72-49(81)31(3)4)38(26-95-101(89,90)93-7)98-54(45)78-29-64-42-46(62-27-63-47(42)78)70-50(82)33-12-9-8-10-13-33/h8-10,12-13,15-18,27-31,35-38,40-41,44-45,54,79H,11,14,19-26H2,1-7H3,(H,67,83)(H,68,84)(H,69,80)(H,89,90)(H,91,92)(H3,59,61,86)(H,62,63,70,82)(H2,71,72,73,81,85)/t35-,36-,37+,38+,40+,41-,44+,45+,54+/m0/s1. The molecule has 0 aliphatic carbocycles. The smallest absolute Gasteiger partial charge is 0.445 e. The number of imidazole rings is 2. The second-order valence-corrected chi connectivity index (χ2v) is 26.6. The molecule has 2 unspecified atom stereocenters. The second kappa shape index (κ2) is 35.0. The molecular formula is C58H76N20O22P2. The van der Waals surface area contributed by atoms with E-state index in [0.29, 0.717) is 5.56 Å². The van der Waals surface area contributed by atoms with Crippen molar-refractivity contribution in [3.8, 4) is 0 Å². The lowest BCUT2D eigenvalue weighted by Gasteiger charge is -2.29. The molecule has 2 aliphatic rings. The molecule has 0 saturated carbocycles. The molecule has 2 aliphatic heterocycles. The Morgan fingerprint density at radius 1 is 0.814 bits per heavy atom. The van der Waals surface area contributed by atoms with E-state index >= 15 is 0 Å². The summed E-state index contributed by atoms with van der Waals surface area (Å²) in [5.41, 5.74) is 13.7. The van der Waals surface area contributed by atoms with Crippen molar-refractivity contribution in [1.82, 2.24) is 64.8 Å². The number of aromatic nitrogens is 8. The average Bonchev–Trinajstić information content (AvgIpc) is 1.61. The molecule has 0 radical (unpaired) electrons. The Labute approximate surface area is 578 Å². The Balaban J connectivity index is 0.956. The largest absolute Gasteiger partial charge is 0.472 e. The van der Waals surface area contributed by atoms with Gasteiger partial charge < -0.3 is 76.0 Å². The number of phosphoric ester groups is 2. The second-order valence-electron chi connectivity index (χ2n) is 23.6. The van der Waals surface area contributed by atoms with Crippen LogP contribution in [0.3, 0.4) is 0 Å². The van der Waals surface area contributed by atoms with Gasteiger partial charge in [0.1, 0.15) is 56.1 Å². The van der Waals surface area contributed by atoms with Gasteiger partial charge in [-0.25, -0.2) is 43.4 Å². The van der Waals surface area contributed by atoms with Crippen molar-refractivity contribution >= 4 is 103 Å². The Hall–Kier alpha value is -10.1. The number of benzene rings is 2. The fraction of sp³-hybridized carbons (Fsp3) is 0.483. The topological polar surface area (TPSA) is 566 Å². The number of azide groups is 1. The highest BCUT2D eigenvalue weighted by atomic mass is 31.2. The number of rotatable bonds is 33. The summed E-state index contributed by atoms with van der Waals surface area (Å²) in [6, 6.07) is 11.0. The molecule has 2 aromatic carbocycles. The minimum atomic E-state index is -5.52. The van der Waals surface area contributed by atoms with Crippen LogP contribution in [-0.4, -0.2) is 215 Å². The van der Waals surface area contributed by atoms with Gasteiger partial charge in [-0.15, -0.1) is 0 Å². The third-order valence-electron chi connectivity index (χ3n) is 15.5. The number of urea groups is 1. The van der Waals surface area contributed by atoms with Crippen molar-refractivity contribution in [3.63, 3.8) is 0 Å². The first-order chi connectivity index (χ1) is 48.4. The van der Waals surface area contributed by atoms with Crippen LogP contribution in [0.1, 0.15) is 75.3 Å². The lowest BCUT2D eigenvalue weighted by atomic mass is 10.0. The first-order valence-corrected chi connectivity index (χ1v) is 34.3. The highest BCUT2D eigenvalue weighted by Gasteiger charge is 2.54. The summed E-state index contributed by atoms with van der Waals surface area (Å²) in [6.45, 7) is 3.44. The molecule has 44 heteroatoms. The fourth-order valence-corrected chi connectivity index (χ4v) is 11.4. The molecule has 102 heavy (non-hydrogen) atoms. The number of fused-ring (bicyclic) bond motifs is 2. The summed E-state index contributed by atoms with van der Waals surface area (Å²) >= 11 is 0. The number of ether oxygens (including phenoxy) is 4. The number of aliphatic hydroxyl groups excluding tert-OH is 1. The van der Waals surface area contributed by atoms with E-state index in [1.165, 1.54) is 53.8 Å². The number of aromatic amines is 1. The number of nitrogens with one attached hydrogen (secondary N) is 7. The van der Waals surface area contributed by atoms with Crippen molar-refractivity contribution in [3.05, 3.63) is 106 Å². The molecule has 2 fully saturated rings. The number of hydrogen-bond donors (Lipinski definition) is 11. The van der Waals surface area contributed by atoms with Crippen molar-refractivity contribution in [2.75, 3.05) is 76.5 Å². The lowest BCUT2D eigenvalue weighted by molar-refractivity contribution is -0.131. The normalized spacial score (nSPS) is 19.7. The molecule has 550 valence electrons. The zero-order valence-corrected chi connectivity index (χ0v) is 57.6. The number of H-pyrrole nitrogens is 1. The Morgan fingerprint density at radius 2 is 1.49 bits per heavy atom. The molecular weight excluding hydrogens is 1390 g/mol. The van der Waals surface area contributed by atoms with E-state index in [0.717, 1.165) is 29.6 Å². The van der Waals surface area contributed by atoms with Crippen molar-refractivity contribution in [2.24, 2.45) is 22.7 Å². The van der Waals surface area contributed by atoms with Gasteiger partial charge in [0.2, 0.25) is 29.6 Å². The Bertz CT molecular complexity index is 4220. The van der Waals surface area contributed by atoms with Crippen LogP contribution in [-0.2, 0) is 72.0 Å². The van der Waals surface area contributed by atoms with Crippen LogP contribution in [0.4, 0.5) is 31.8 Å². The van der Waals surface area contributed by atoms with Crippen LogP contribution in [0.25, 0.3) is 32.8 Å². The quantitative estimate of drug-likeness (QED) is 0.00927. The average molecular weight is 1470 g/mol. The first-order valence-electron chi connectivity index (χ1n) is 31.3. The zero-order valence-electron chi connectivity index (χ0n) is 55.8. The number of nitrogens with zero attached hydrogens (tertiary/aromatic N) is 12. The van der Waals surface area contributed by atoms with E-state index in [1.807, 2.05) is 0 Å². The third-order valence-corrected chi connectivity index (χ3v) is 17.5. The van der Waals surface area contributed by atoms with Crippen molar-refractivity contribution in [2.45, 2.75) is 109 Å². The van der Waals surface area contributed by atoms with Crippen molar-refractivity contribution in [1.29, 1.82) is 0 Å². The summed E-state index contributed by atoms with van der Waals surface area (Å²) in [7, 11) is -6.92. The maximum atomic E-state index is 14.4. The van der Waals surface area contributed by atoms with Crippen LogP contribution < -0.4 is 43.2 Å². The van der Waals surface area contributed by atoms with Gasteiger partial charge in [0, 0.05) is 69.3 Å². The van der Waals surface area contributed by atoms with Gasteiger partial charge in [-0.2, -0.15) is 4.98 Å². The molecule has 8 rings (SSSR count). The van der Waals surface area contributed by atoms with Gasteiger partial charge in [0.05, 0.1) is 32.0 Å². The maximum Gasteiger partial charge on any atom is 0.472 e. The molecule has 12 N–H and O–H groups in total. The van der Waals surface area contributed by atoms with Crippen LogP contribution >= 0.6 is 15.6 Å². The summed E-state index contributed by atoms with van der Waals surface area (Å²) < 4.78 is 74.5. The number of anilines is 3. The molecule has 6 heterocycles. The van der Waals surface area contributed by atoms with Gasteiger partial charge in [-0.05, 0) is 54.1 Å².